The molecular formula is C16H20N6S. The Morgan fingerprint density at radius 2 is 2.26 bits per heavy atom. The first-order valence-corrected chi connectivity index (χ1v) is 8.73. The van der Waals surface area contributed by atoms with Crippen molar-refractivity contribution in [1.29, 1.82) is 0 Å². The maximum Gasteiger partial charge on any atom is 0.214 e. The van der Waals surface area contributed by atoms with E-state index in [0.717, 1.165) is 41.2 Å². The highest BCUT2D eigenvalue weighted by molar-refractivity contribution is 7.20. The summed E-state index contributed by atoms with van der Waals surface area (Å²) in [6, 6.07) is 4.13. The van der Waals surface area contributed by atoms with Crippen molar-refractivity contribution >= 4 is 27.2 Å². The molecule has 6 nitrogen and oxygen atoms in total. The average Bonchev–Trinajstić information content (AvgIpc) is 3.20. The minimum absolute atomic E-state index is 0.621. The lowest BCUT2D eigenvalue weighted by molar-refractivity contribution is 0.621. The van der Waals surface area contributed by atoms with E-state index in [2.05, 4.69) is 38.3 Å². The third-order valence-electron chi connectivity index (χ3n) is 4.19. The monoisotopic (exact) mass is 328 g/mol. The van der Waals surface area contributed by atoms with Gasteiger partial charge in [-0.15, -0.1) is 5.10 Å². The number of hydrogen-bond acceptors (Lipinski definition) is 6. The topological polar surface area (TPSA) is 58.4 Å². The fraction of sp³-hybridized carbons (Fsp3) is 0.438. The molecule has 23 heavy (non-hydrogen) atoms. The molecule has 0 radical (unpaired) electrons. The van der Waals surface area contributed by atoms with Gasteiger partial charge in [0.15, 0.2) is 0 Å². The third kappa shape index (κ3) is 3.01. The first kappa shape index (κ1) is 14.4. The summed E-state index contributed by atoms with van der Waals surface area (Å²) >= 11 is 1.67. The number of nitrogens with one attached hydrogen (secondary N) is 1. The standard InChI is InChI=1S/C16H20N6S/c1-11-3-4-14(17-7-11)18-8-13-5-6-21(10-13)16-20-22-9-12(2)19-15(22)23-16/h3-4,7,9,13H,5-6,8,10H2,1-2H3,(H,17,18). The lowest BCUT2D eigenvalue weighted by Crippen LogP contribution is -2.22. The van der Waals surface area contributed by atoms with Gasteiger partial charge in [0.2, 0.25) is 10.1 Å². The molecule has 0 spiro atoms. The molecule has 0 amide bonds. The van der Waals surface area contributed by atoms with E-state index >= 15 is 0 Å². The smallest absolute Gasteiger partial charge is 0.214 e. The Labute approximate surface area is 139 Å². The Morgan fingerprint density at radius 1 is 1.35 bits per heavy atom. The van der Waals surface area contributed by atoms with Gasteiger partial charge in [-0.1, -0.05) is 17.4 Å². The van der Waals surface area contributed by atoms with Gasteiger partial charge in [0, 0.05) is 25.8 Å². The molecule has 0 bridgehead atoms. The zero-order chi connectivity index (χ0) is 15.8. The van der Waals surface area contributed by atoms with Crippen LogP contribution in [-0.4, -0.2) is 39.2 Å². The van der Waals surface area contributed by atoms with Crippen molar-refractivity contribution in [2.45, 2.75) is 20.3 Å². The highest BCUT2D eigenvalue weighted by Gasteiger charge is 2.25. The fourth-order valence-corrected chi connectivity index (χ4v) is 3.88. The largest absolute Gasteiger partial charge is 0.370 e. The number of aryl methyl sites for hydroxylation is 2. The third-order valence-corrected chi connectivity index (χ3v) is 5.18. The van der Waals surface area contributed by atoms with Crippen molar-refractivity contribution < 1.29 is 0 Å². The first-order valence-electron chi connectivity index (χ1n) is 7.92. The van der Waals surface area contributed by atoms with Crippen molar-refractivity contribution in [3.8, 4) is 0 Å². The van der Waals surface area contributed by atoms with Crippen LogP contribution in [0.1, 0.15) is 17.7 Å². The van der Waals surface area contributed by atoms with Gasteiger partial charge >= 0.3 is 0 Å². The minimum Gasteiger partial charge on any atom is -0.370 e. The second-order valence-electron chi connectivity index (χ2n) is 6.20. The van der Waals surface area contributed by atoms with Gasteiger partial charge < -0.3 is 10.2 Å². The quantitative estimate of drug-likeness (QED) is 0.798. The molecule has 3 aromatic heterocycles. The fourth-order valence-electron chi connectivity index (χ4n) is 2.92. The van der Waals surface area contributed by atoms with Crippen LogP contribution in [0.3, 0.4) is 0 Å². The van der Waals surface area contributed by atoms with Crippen LogP contribution in [0.15, 0.2) is 24.5 Å². The molecule has 4 rings (SSSR count). The van der Waals surface area contributed by atoms with E-state index in [-0.39, 0.29) is 0 Å². The van der Waals surface area contributed by atoms with E-state index in [1.165, 1.54) is 12.0 Å². The molecule has 1 saturated heterocycles. The van der Waals surface area contributed by atoms with E-state index in [1.54, 1.807) is 11.3 Å². The van der Waals surface area contributed by atoms with Crippen LogP contribution in [0, 0.1) is 19.8 Å². The molecule has 1 atom stereocenters. The van der Waals surface area contributed by atoms with Gasteiger partial charge in [0.25, 0.3) is 0 Å². The molecule has 7 heteroatoms. The molecule has 0 saturated carbocycles. The van der Waals surface area contributed by atoms with Crippen LogP contribution in [0.25, 0.3) is 4.96 Å². The Bertz CT molecular complexity index is 774. The lowest BCUT2D eigenvalue weighted by atomic mass is 10.1. The van der Waals surface area contributed by atoms with Crippen LogP contribution in [0.2, 0.25) is 0 Å². The van der Waals surface area contributed by atoms with Crippen LogP contribution >= 0.6 is 11.3 Å². The zero-order valence-electron chi connectivity index (χ0n) is 13.4. The Kier molecular flexibility index (Phi) is 3.65. The number of aromatic nitrogens is 4. The van der Waals surface area contributed by atoms with Crippen LogP contribution in [0.4, 0.5) is 10.9 Å². The number of pyridine rings is 1. The number of fused-ring (bicyclic) bond motifs is 1. The van der Waals surface area contributed by atoms with Gasteiger partial charge in [0.05, 0.1) is 11.9 Å². The maximum absolute atomic E-state index is 4.64. The molecule has 1 aliphatic rings. The van der Waals surface area contributed by atoms with Gasteiger partial charge in [-0.3, -0.25) is 0 Å². The van der Waals surface area contributed by atoms with Gasteiger partial charge in [-0.05, 0) is 37.8 Å². The number of hydrogen-bond donors (Lipinski definition) is 1. The second kappa shape index (κ2) is 5.81. The number of imidazole rings is 1. The van der Waals surface area contributed by atoms with E-state index in [0.29, 0.717) is 5.92 Å². The normalized spacial score (nSPS) is 18.0. The van der Waals surface area contributed by atoms with Crippen LogP contribution < -0.4 is 10.2 Å². The van der Waals surface area contributed by atoms with Gasteiger partial charge in [0.1, 0.15) is 5.82 Å². The Balaban J connectivity index is 1.36. The average molecular weight is 328 g/mol. The van der Waals surface area contributed by atoms with E-state index in [9.17, 15) is 0 Å². The van der Waals surface area contributed by atoms with Crippen molar-refractivity contribution in [3.05, 3.63) is 35.8 Å². The molecule has 1 aliphatic heterocycles. The zero-order valence-corrected chi connectivity index (χ0v) is 14.2. The second-order valence-corrected chi connectivity index (χ2v) is 7.13. The summed E-state index contributed by atoms with van der Waals surface area (Å²) < 4.78 is 1.89. The molecule has 0 aromatic carbocycles. The SMILES string of the molecule is Cc1ccc(NCC2CCN(c3nn4cc(C)nc4s3)C2)nc1. The van der Waals surface area contributed by atoms with Gasteiger partial charge in [-0.2, -0.15) is 0 Å². The van der Waals surface area contributed by atoms with E-state index in [1.807, 2.05) is 29.9 Å². The molecule has 1 fully saturated rings. The predicted octanol–water partition coefficient (Wildman–Crippen LogP) is 2.74. The molecule has 1 unspecified atom stereocenters. The first-order chi connectivity index (χ1) is 11.2. The van der Waals surface area contributed by atoms with E-state index in [4.69, 9.17) is 0 Å². The van der Waals surface area contributed by atoms with Gasteiger partial charge in [-0.25, -0.2) is 14.5 Å². The Hall–Kier alpha value is -2.15. The Morgan fingerprint density at radius 3 is 3.04 bits per heavy atom. The van der Waals surface area contributed by atoms with Crippen molar-refractivity contribution in [3.63, 3.8) is 0 Å². The number of rotatable bonds is 4. The summed E-state index contributed by atoms with van der Waals surface area (Å²) in [6.07, 6.45) is 5.06. The van der Waals surface area contributed by atoms with Crippen LogP contribution in [-0.2, 0) is 0 Å². The summed E-state index contributed by atoms with van der Waals surface area (Å²) in [5.41, 5.74) is 2.20. The minimum atomic E-state index is 0.621. The molecule has 120 valence electrons. The summed E-state index contributed by atoms with van der Waals surface area (Å²) in [5, 5.41) is 9.16. The van der Waals surface area contributed by atoms with Crippen molar-refractivity contribution in [2.75, 3.05) is 29.9 Å². The maximum atomic E-state index is 4.64. The summed E-state index contributed by atoms with van der Waals surface area (Å²) in [4.78, 5) is 12.2. The predicted molar refractivity (Wildman–Crippen MR) is 93.4 cm³/mol. The number of nitrogens with zero attached hydrogens (tertiary/aromatic N) is 5. The highest BCUT2D eigenvalue weighted by Crippen LogP contribution is 2.28. The van der Waals surface area contributed by atoms with E-state index < -0.39 is 0 Å². The lowest BCUT2D eigenvalue weighted by Gasteiger charge is -2.15. The highest BCUT2D eigenvalue weighted by atomic mass is 32.1. The molecule has 0 aliphatic carbocycles. The molecule has 4 heterocycles. The molecular weight excluding hydrogens is 308 g/mol. The number of anilines is 2. The summed E-state index contributed by atoms with van der Waals surface area (Å²) in [6.45, 7) is 7.10. The molecule has 3 aromatic rings. The summed E-state index contributed by atoms with van der Waals surface area (Å²) in [7, 11) is 0. The van der Waals surface area contributed by atoms with Crippen molar-refractivity contribution in [2.24, 2.45) is 5.92 Å². The van der Waals surface area contributed by atoms with Crippen molar-refractivity contribution in [1.82, 2.24) is 19.6 Å². The van der Waals surface area contributed by atoms with Crippen LogP contribution in [0.5, 0.6) is 0 Å². The summed E-state index contributed by atoms with van der Waals surface area (Å²) in [5.74, 6) is 1.58. The molecule has 1 N–H and O–H groups in total.